The predicted octanol–water partition coefficient (Wildman–Crippen LogP) is 7.44. The number of carbonyl (C=O) groups is 1. The van der Waals surface area contributed by atoms with E-state index in [1.165, 1.54) is 0 Å². The third-order valence-electron chi connectivity index (χ3n) is 5.50. The molecule has 0 radical (unpaired) electrons. The fourth-order valence-corrected chi connectivity index (χ4v) is 3.58. The van der Waals surface area contributed by atoms with E-state index in [1.54, 1.807) is 24.3 Å². The molecule has 0 amide bonds. The van der Waals surface area contributed by atoms with E-state index in [0.717, 1.165) is 22.3 Å². The van der Waals surface area contributed by atoms with Crippen LogP contribution < -0.4 is 0 Å². The standard InChI is InChI=1S/C26H25N7O/c1-33(2)25-17-21(7-3-5-19-9-13-23(14-10-19)29-31-27)26(34)22(18-25)8-4-6-20-11-15-24(16-12-20)30-32-28/h3-16,25H,17-18H2,1-2H3. The summed E-state index contributed by atoms with van der Waals surface area (Å²) in [5.74, 6) is 0.0600. The molecule has 8 heteroatoms. The van der Waals surface area contributed by atoms with E-state index >= 15 is 0 Å². The van der Waals surface area contributed by atoms with Crippen LogP contribution in [-0.2, 0) is 4.79 Å². The van der Waals surface area contributed by atoms with E-state index in [4.69, 9.17) is 11.1 Å². The zero-order valence-electron chi connectivity index (χ0n) is 19.1. The quantitative estimate of drug-likeness (QED) is 0.188. The smallest absolute Gasteiger partial charge is 0.185 e. The Hall–Kier alpha value is -4.35. The summed E-state index contributed by atoms with van der Waals surface area (Å²) < 4.78 is 0. The Kier molecular flexibility index (Phi) is 8.60. The molecule has 1 aliphatic rings. The summed E-state index contributed by atoms with van der Waals surface area (Å²) in [5.41, 5.74) is 21.6. The van der Waals surface area contributed by atoms with Crippen LogP contribution in [0.15, 0.2) is 94.2 Å². The molecule has 1 fully saturated rings. The van der Waals surface area contributed by atoms with Crippen LogP contribution in [-0.4, -0.2) is 30.8 Å². The molecule has 170 valence electrons. The first-order valence-electron chi connectivity index (χ1n) is 10.8. The van der Waals surface area contributed by atoms with Crippen LogP contribution in [0.1, 0.15) is 24.0 Å². The molecule has 0 aliphatic heterocycles. The monoisotopic (exact) mass is 451 g/mol. The van der Waals surface area contributed by atoms with Crippen LogP contribution in [0.5, 0.6) is 0 Å². The number of benzene rings is 2. The number of Topliss-reactive ketones (excluding diaryl/α,β-unsaturated/α-hetero) is 1. The molecule has 8 nitrogen and oxygen atoms in total. The van der Waals surface area contributed by atoms with Crippen LogP contribution in [0, 0.1) is 0 Å². The normalized spacial score (nSPS) is 18.6. The number of azide groups is 2. The van der Waals surface area contributed by atoms with Gasteiger partial charge in [0.1, 0.15) is 0 Å². The van der Waals surface area contributed by atoms with Crippen molar-refractivity contribution in [2.45, 2.75) is 18.9 Å². The Morgan fingerprint density at radius 2 is 1.21 bits per heavy atom. The van der Waals surface area contributed by atoms with Crippen LogP contribution in [0.25, 0.3) is 33.0 Å². The van der Waals surface area contributed by atoms with Crippen LogP contribution in [0.4, 0.5) is 11.4 Å². The highest BCUT2D eigenvalue weighted by atomic mass is 16.1. The summed E-state index contributed by atoms with van der Waals surface area (Å²) >= 11 is 0. The van der Waals surface area contributed by atoms with Gasteiger partial charge in [-0.15, -0.1) is 0 Å². The van der Waals surface area contributed by atoms with Gasteiger partial charge in [0.05, 0.1) is 0 Å². The maximum atomic E-state index is 13.1. The fourth-order valence-electron chi connectivity index (χ4n) is 3.58. The molecule has 2 aromatic carbocycles. The topological polar surface area (TPSA) is 118 Å². The van der Waals surface area contributed by atoms with Crippen molar-refractivity contribution in [1.29, 1.82) is 0 Å². The third-order valence-corrected chi connectivity index (χ3v) is 5.50. The van der Waals surface area contributed by atoms with Gasteiger partial charge in [-0.2, -0.15) is 0 Å². The van der Waals surface area contributed by atoms with Gasteiger partial charge in [-0.3, -0.25) is 4.79 Å². The Labute approximate surface area is 198 Å². The van der Waals surface area contributed by atoms with Crippen molar-refractivity contribution in [3.8, 4) is 0 Å². The van der Waals surface area contributed by atoms with E-state index in [9.17, 15) is 4.79 Å². The molecular weight excluding hydrogens is 426 g/mol. The second-order valence-corrected chi connectivity index (χ2v) is 8.02. The van der Waals surface area contributed by atoms with Crippen molar-refractivity contribution < 1.29 is 4.79 Å². The van der Waals surface area contributed by atoms with Crippen molar-refractivity contribution in [2.75, 3.05) is 14.1 Å². The molecule has 0 aromatic heterocycles. The third kappa shape index (κ3) is 6.82. The van der Waals surface area contributed by atoms with Crippen molar-refractivity contribution >= 4 is 29.3 Å². The molecule has 0 heterocycles. The highest BCUT2D eigenvalue weighted by molar-refractivity contribution is 6.09. The Morgan fingerprint density at radius 1 is 0.794 bits per heavy atom. The summed E-state index contributed by atoms with van der Waals surface area (Å²) in [5, 5.41) is 7.13. The minimum Gasteiger partial charge on any atom is -0.306 e. The first kappa shape index (κ1) is 24.3. The van der Waals surface area contributed by atoms with Gasteiger partial charge >= 0.3 is 0 Å². The van der Waals surface area contributed by atoms with Gasteiger partial charge in [0, 0.05) is 38.4 Å². The first-order valence-corrected chi connectivity index (χ1v) is 10.8. The highest BCUT2D eigenvalue weighted by Gasteiger charge is 2.28. The molecule has 0 saturated heterocycles. The van der Waals surface area contributed by atoms with Crippen molar-refractivity contribution in [3.05, 3.63) is 116 Å². The fraction of sp³-hybridized carbons (Fsp3) is 0.192. The maximum Gasteiger partial charge on any atom is 0.185 e. The van der Waals surface area contributed by atoms with Gasteiger partial charge in [0.25, 0.3) is 0 Å². The number of hydrogen-bond donors (Lipinski definition) is 0. The summed E-state index contributed by atoms with van der Waals surface area (Å²) in [7, 11) is 4.05. The van der Waals surface area contributed by atoms with E-state index < -0.39 is 0 Å². The second-order valence-electron chi connectivity index (χ2n) is 8.02. The Bertz CT molecular complexity index is 1150. The second kappa shape index (κ2) is 12.0. The van der Waals surface area contributed by atoms with Gasteiger partial charge in [-0.1, -0.05) is 95.2 Å². The molecule has 1 aliphatic carbocycles. The van der Waals surface area contributed by atoms with E-state index in [0.29, 0.717) is 24.2 Å². The molecule has 0 atom stereocenters. The van der Waals surface area contributed by atoms with Gasteiger partial charge in [-0.05, 0) is 49.1 Å². The van der Waals surface area contributed by atoms with Gasteiger partial charge in [0.2, 0.25) is 0 Å². The van der Waals surface area contributed by atoms with Crippen LogP contribution in [0.3, 0.4) is 0 Å². The molecular formula is C26H25N7O. The van der Waals surface area contributed by atoms with Crippen LogP contribution in [0.2, 0.25) is 0 Å². The van der Waals surface area contributed by atoms with Crippen molar-refractivity contribution in [2.24, 2.45) is 10.2 Å². The largest absolute Gasteiger partial charge is 0.306 e. The maximum absolute atomic E-state index is 13.1. The van der Waals surface area contributed by atoms with E-state index in [1.807, 2.05) is 74.8 Å². The lowest BCUT2D eigenvalue weighted by molar-refractivity contribution is -0.113. The molecule has 1 saturated carbocycles. The zero-order valence-corrected chi connectivity index (χ0v) is 19.1. The molecule has 0 unspecified atom stereocenters. The summed E-state index contributed by atoms with van der Waals surface area (Å²) in [6, 6.07) is 14.7. The van der Waals surface area contributed by atoms with Gasteiger partial charge in [-0.25, -0.2) is 0 Å². The summed E-state index contributed by atoms with van der Waals surface area (Å²) in [6.07, 6.45) is 12.7. The number of carbonyl (C=O) groups excluding carboxylic acids is 1. The lowest BCUT2D eigenvalue weighted by Gasteiger charge is -2.30. The van der Waals surface area contributed by atoms with E-state index in [2.05, 4.69) is 25.0 Å². The number of ketones is 1. The molecule has 2 aromatic rings. The lowest BCUT2D eigenvalue weighted by atomic mass is 9.84. The lowest BCUT2D eigenvalue weighted by Crippen LogP contribution is -2.34. The number of nitrogens with zero attached hydrogens (tertiary/aromatic N) is 7. The predicted molar refractivity (Wildman–Crippen MR) is 136 cm³/mol. The average Bonchev–Trinajstić information content (AvgIpc) is 2.83. The molecule has 0 bridgehead atoms. The number of allylic oxidation sites excluding steroid dienone is 4. The average molecular weight is 452 g/mol. The van der Waals surface area contributed by atoms with Crippen molar-refractivity contribution in [1.82, 2.24) is 4.90 Å². The minimum absolute atomic E-state index is 0.0600. The zero-order chi connectivity index (χ0) is 24.3. The summed E-state index contributed by atoms with van der Waals surface area (Å²) in [4.78, 5) is 20.8. The highest BCUT2D eigenvalue weighted by Crippen LogP contribution is 2.28. The minimum atomic E-state index is 0.0600. The number of hydrogen-bond acceptors (Lipinski definition) is 4. The van der Waals surface area contributed by atoms with Gasteiger partial charge < -0.3 is 4.90 Å². The number of rotatable bonds is 7. The molecule has 0 spiro atoms. The Morgan fingerprint density at radius 3 is 1.56 bits per heavy atom. The summed E-state index contributed by atoms with van der Waals surface area (Å²) in [6.45, 7) is 0. The molecule has 34 heavy (non-hydrogen) atoms. The first-order chi connectivity index (χ1) is 16.5. The Balaban J connectivity index is 1.76. The van der Waals surface area contributed by atoms with E-state index in [-0.39, 0.29) is 11.8 Å². The van der Waals surface area contributed by atoms with Gasteiger partial charge in [0.15, 0.2) is 5.78 Å². The van der Waals surface area contributed by atoms with Crippen molar-refractivity contribution in [3.63, 3.8) is 0 Å². The van der Waals surface area contributed by atoms with Crippen LogP contribution >= 0.6 is 0 Å². The molecule has 3 rings (SSSR count). The molecule has 0 N–H and O–H groups in total. The SMILES string of the molecule is CN(C)C1CC(=CC=Cc2ccc(N=[N+]=[N-])cc2)C(=O)C(=CC=Cc2ccc(N=[N+]=[N-])cc2)C1.